The number of carbonyl (C=O) groups is 3. The predicted octanol–water partition coefficient (Wildman–Crippen LogP) is 1.82. The second-order valence-electron chi connectivity index (χ2n) is 4.85. The molecule has 1 atom stereocenters. The van der Waals surface area contributed by atoms with E-state index in [1.54, 1.807) is 18.4 Å². The molecule has 0 aromatic carbocycles. The van der Waals surface area contributed by atoms with Crippen molar-refractivity contribution in [2.24, 2.45) is 5.73 Å². The summed E-state index contributed by atoms with van der Waals surface area (Å²) in [7, 11) is 0. The van der Waals surface area contributed by atoms with Gasteiger partial charge < -0.3 is 20.5 Å². The molecule has 25 heavy (non-hydrogen) atoms. The number of nitrogens with one attached hydrogen (secondary N) is 1. The molecule has 0 bridgehead atoms. The first-order valence-electron chi connectivity index (χ1n) is 7.41. The van der Waals surface area contributed by atoms with Crippen LogP contribution in [0.15, 0.2) is 29.8 Å². The van der Waals surface area contributed by atoms with E-state index in [0.717, 1.165) is 11.3 Å². The van der Waals surface area contributed by atoms with Crippen molar-refractivity contribution < 1.29 is 23.9 Å². The van der Waals surface area contributed by atoms with E-state index >= 15 is 0 Å². The van der Waals surface area contributed by atoms with Gasteiger partial charge in [0, 0.05) is 6.20 Å². The third-order valence-electron chi connectivity index (χ3n) is 3.09. The third-order valence-corrected chi connectivity index (χ3v) is 3.92. The molecule has 0 saturated heterocycles. The molecule has 0 radical (unpaired) electrons. The van der Waals surface area contributed by atoms with Crippen molar-refractivity contribution >= 4 is 34.1 Å². The maximum atomic E-state index is 12.2. The van der Waals surface area contributed by atoms with Crippen molar-refractivity contribution in [1.29, 1.82) is 0 Å². The molecular formula is C16H17N3O5S. The summed E-state index contributed by atoms with van der Waals surface area (Å²) < 4.78 is 10.4. The zero-order valence-corrected chi connectivity index (χ0v) is 14.5. The van der Waals surface area contributed by atoms with Gasteiger partial charge >= 0.3 is 5.97 Å². The number of hydrogen-bond donors (Lipinski definition) is 2. The highest BCUT2D eigenvalue weighted by Gasteiger charge is 2.23. The van der Waals surface area contributed by atoms with Crippen LogP contribution in [-0.4, -0.2) is 35.5 Å². The number of anilines is 1. The van der Waals surface area contributed by atoms with Crippen molar-refractivity contribution in [3.8, 4) is 5.88 Å². The minimum atomic E-state index is -1.09. The molecule has 0 aliphatic rings. The number of pyridine rings is 1. The summed E-state index contributed by atoms with van der Waals surface area (Å²) in [4.78, 5) is 39.6. The SMILES string of the molecule is CCOc1ncccc1C(=O)O[C@@H](C)C(=O)Nc1sccc1C(N)=O. The van der Waals surface area contributed by atoms with Gasteiger partial charge in [-0.3, -0.25) is 9.59 Å². The molecule has 0 aliphatic heterocycles. The van der Waals surface area contributed by atoms with E-state index in [0.29, 0.717) is 11.6 Å². The van der Waals surface area contributed by atoms with Crippen LogP contribution in [0.3, 0.4) is 0 Å². The van der Waals surface area contributed by atoms with Crippen LogP contribution in [0.2, 0.25) is 0 Å². The highest BCUT2D eigenvalue weighted by molar-refractivity contribution is 7.14. The standard InChI is InChI=1S/C16H17N3O5S/c1-3-23-14-11(5-4-7-18-14)16(22)24-9(2)13(21)19-15-10(12(17)20)6-8-25-15/h4-9H,3H2,1-2H3,(H2,17,20)(H,19,21)/t9-/m0/s1. The van der Waals surface area contributed by atoms with Crippen molar-refractivity contribution in [2.75, 3.05) is 11.9 Å². The Morgan fingerprint density at radius 1 is 1.32 bits per heavy atom. The predicted molar refractivity (Wildman–Crippen MR) is 91.8 cm³/mol. The van der Waals surface area contributed by atoms with Crippen LogP contribution in [0.4, 0.5) is 5.00 Å². The summed E-state index contributed by atoms with van der Waals surface area (Å²) in [5.74, 6) is -1.84. The molecule has 0 unspecified atom stereocenters. The van der Waals surface area contributed by atoms with Crippen LogP contribution in [0, 0.1) is 0 Å². The number of primary amides is 1. The minimum absolute atomic E-state index is 0.123. The fourth-order valence-corrected chi connectivity index (χ4v) is 2.68. The maximum absolute atomic E-state index is 12.2. The number of thiophene rings is 1. The van der Waals surface area contributed by atoms with E-state index < -0.39 is 23.9 Å². The average molecular weight is 363 g/mol. The number of nitrogens with zero attached hydrogens (tertiary/aromatic N) is 1. The minimum Gasteiger partial charge on any atom is -0.477 e. The lowest BCUT2D eigenvalue weighted by molar-refractivity contribution is -0.123. The Labute approximate surface area is 148 Å². The second-order valence-corrected chi connectivity index (χ2v) is 5.77. The molecular weight excluding hydrogens is 346 g/mol. The van der Waals surface area contributed by atoms with Gasteiger partial charge in [-0.1, -0.05) is 0 Å². The Hall–Kier alpha value is -2.94. The number of ether oxygens (including phenoxy) is 2. The van der Waals surface area contributed by atoms with Crippen LogP contribution < -0.4 is 15.8 Å². The smallest absolute Gasteiger partial charge is 0.344 e. The molecule has 0 fully saturated rings. The first-order chi connectivity index (χ1) is 11.9. The molecule has 2 amide bonds. The van der Waals surface area contributed by atoms with Gasteiger partial charge in [0.05, 0.1) is 12.2 Å². The van der Waals surface area contributed by atoms with E-state index in [2.05, 4.69) is 10.3 Å². The number of rotatable bonds is 7. The number of nitrogens with two attached hydrogens (primary N) is 1. The zero-order chi connectivity index (χ0) is 18.4. The molecule has 0 spiro atoms. The summed E-state index contributed by atoms with van der Waals surface area (Å²) in [6.07, 6.45) is 0.394. The monoisotopic (exact) mass is 363 g/mol. The van der Waals surface area contributed by atoms with E-state index in [1.807, 2.05) is 0 Å². The zero-order valence-electron chi connectivity index (χ0n) is 13.6. The Morgan fingerprint density at radius 3 is 2.76 bits per heavy atom. The highest BCUT2D eigenvalue weighted by atomic mass is 32.1. The maximum Gasteiger partial charge on any atom is 0.344 e. The van der Waals surface area contributed by atoms with E-state index in [9.17, 15) is 14.4 Å². The van der Waals surface area contributed by atoms with Crippen LogP contribution in [0.1, 0.15) is 34.6 Å². The molecule has 3 N–H and O–H groups in total. The van der Waals surface area contributed by atoms with Gasteiger partial charge in [-0.15, -0.1) is 11.3 Å². The fraction of sp³-hybridized carbons (Fsp3) is 0.250. The van der Waals surface area contributed by atoms with Gasteiger partial charge in [-0.05, 0) is 37.4 Å². The van der Waals surface area contributed by atoms with Gasteiger partial charge in [-0.25, -0.2) is 9.78 Å². The Morgan fingerprint density at radius 2 is 2.08 bits per heavy atom. The summed E-state index contributed by atoms with van der Waals surface area (Å²) in [6, 6.07) is 4.56. The molecule has 2 aromatic heterocycles. The highest BCUT2D eigenvalue weighted by Crippen LogP contribution is 2.23. The van der Waals surface area contributed by atoms with Crippen LogP contribution in [0.25, 0.3) is 0 Å². The molecule has 132 valence electrons. The quantitative estimate of drug-likeness (QED) is 0.724. The van der Waals surface area contributed by atoms with E-state index in [-0.39, 0.29) is 17.0 Å². The number of esters is 1. The van der Waals surface area contributed by atoms with Crippen molar-refractivity contribution in [3.05, 3.63) is 40.9 Å². The molecule has 0 aliphatic carbocycles. The first kappa shape index (κ1) is 18.4. The number of carbonyl (C=O) groups excluding carboxylic acids is 3. The van der Waals surface area contributed by atoms with Crippen molar-refractivity contribution in [3.63, 3.8) is 0 Å². The molecule has 9 heteroatoms. The van der Waals surface area contributed by atoms with Gasteiger partial charge in [-0.2, -0.15) is 0 Å². The molecule has 2 aromatic rings. The summed E-state index contributed by atoms with van der Waals surface area (Å²) in [6.45, 7) is 3.51. The fourth-order valence-electron chi connectivity index (χ4n) is 1.89. The number of hydrogen-bond acceptors (Lipinski definition) is 7. The van der Waals surface area contributed by atoms with Crippen LogP contribution in [0.5, 0.6) is 5.88 Å². The van der Waals surface area contributed by atoms with Gasteiger partial charge in [0.25, 0.3) is 11.8 Å². The Balaban J connectivity index is 2.05. The van der Waals surface area contributed by atoms with Crippen molar-refractivity contribution in [2.45, 2.75) is 20.0 Å². The molecule has 8 nitrogen and oxygen atoms in total. The van der Waals surface area contributed by atoms with Crippen LogP contribution >= 0.6 is 11.3 Å². The van der Waals surface area contributed by atoms with Crippen molar-refractivity contribution in [1.82, 2.24) is 4.98 Å². The summed E-state index contributed by atoms with van der Waals surface area (Å²) >= 11 is 1.14. The average Bonchev–Trinajstić information content (AvgIpc) is 3.03. The lowest BCUT2D eigenvalue weighted by atomic mass is 10.2. The van der Waals surface area contributed by atoms with Gasteiger partial charge in [0.15, 0.2) is 6.10 Å². The Bertz CT molecular complexity index is 790. The molecule has 2 heterocycles. The second kappa shape index (κ2) is 8.25. The van der Waals surface area contributed by atoms with Gasteiger partial charge in [0.1, 0.15) is 10.6 Å². The molecule has 0 saturated carbocycles. The summed E-state index contributed by atoms with van der Waals surface area (Å²) in [5.41, 5.74) is 5.54. The van der Waals surface area contributed by atoms with E-state index in [1.165, 1.54) is 25.3 Å². The Kier molecular flexibility index (Phi) is 6.07. The van der Waals surface area contributed by atoms with E-state index in [4.69, 9.17) is 15.2 Å². The topological polar surface area (TPSA) is 121 Å². The summed E-state index contributed by atoms with van der Waals surface area (Å²) in [5, 5.41) is 4.45. The number of amides is 2. The first-order valence-corrected chi connectivity index (χ1v) is 8.29. The molecule has 2 rings (SSSR count). The van der Waals surface area contributed by atoms with Gasteiger partial charge in [0.2, 0.25) is 5.88 Å². The normalized spacial score (nSPS) is 11.4. The lowest BCUT2D eigenvalue weighted by Gasteiger charge is -2.14. The number of aromatic nitrogens is 1. The third kappa shape index (κ3) is 4.54. The van der Waals surface area contributed by atoms with Crippen LogP contribution in [-0.2, 0) is 9.53 Å². The largest absolute Gasteiger partial charge is 0.477 e. The lowest BCUT2D eigenvalue weighted by Crippen LogP contribution is -2.30.